The normalized spacial score (nSPS) is 10.0. The molecule has 0 radical (unpaired) electrons. The largest absolute Gasteiger partial charge is 0.497 e. The third kappa shape index (κ3) is 2.44. The Morgan fingerprint density at radius 2 is 2.29 bits per heavy atom. The molecule has 5 nitrogen and oxygen atoms in total. The van der Waals surface area contributed by atoms with Crippen molar-refractivity contribution in [1.29, 1.82) is 0 Å². The number of methoxy groups -OCH3 is 1. The molecule has 0 bridgehead atoms. The van der Waals surface area contributed by atoms with E-state index in [2.05, 4.69) is 15.5 Å². The monoisotopic (exact) mass is 231 g/mol. The predicted molar refractivity (Wildman–Crippen MR) is 64.3 cm³/mol. The van der Waals surface area contributed by atoms with Crippen LogP contribution in [0.4, 0.5) is 5.69 Å². The summed E-state index contributed by atoms with van der Waals surface area (Å²) in [6.07, 6.45) is 1.50. The number of aromatic nitrogens is 2. The number of H-pyrrole nitrogens is 1. The first-order chi connectivity index (χ1) is 8.20. The van der Waals surface area contributed by atoms with Crippen molar-refractivity contribution in [3.05, 3.63) is 41.7 Å². The van der Waals surface area contributed by atoms with Crippen LogP contribution in [-0.2, 0) is 0 Å². The van der Waals surface area contributed by atoms with E-state index in [-0.39, 0.29) is 5.91 Å². The van der Waals surface area contributed by atoms with Gasteiger partial charge in [-0.15, -0.1) is 0 Å². The summed E-state index contributed by atoms with van der Waals surface area (Å²) < 4.78 is 5.08. The van der Waals surface area contributed by atoms with Gasteiger partial charge in [-0.2, -0.15) is 5.10 Å². The van der Waals surface area contributed by atoms with Gasteiger partial charge in [0, 0.05) is 17.4 Å². The van der Waals surface area contributed by atoms with E-state index in [0.29, 0.717) is 17.0 Å². The van der Waals surface area contributed by atoms with Crippen molar-refractivity contribution in [1.82, 2.24) is 10.2 Å². The molecule has 88 valence electrons. The number of nitrogens with one attached hydrogen (secondary N) is 2. The third-order valence-electron chi connectivity index (χ3n) is 2.40. The summed E-state index contributed by atoms with van der Waals surface area (Å²) in [6.45, 7) is 1.80. The van der Waals surface area contributed by atoms with E-state index in [1.54, 1.807) is 26.2 Å². The van der Waals surface area contributed by atoms with E-state index >= 15 is 0 Å². The predicted octanol–water partition coefficient (Wildman–Crippen LogP) is 1.98. The van der Waals surface area contributed by atoms with Crippen LogP contribution in [-0.4, -0.2) is 23.2 Å². The molecule has 0 aliphatic carbocycles. The van der Waals surface area contributed by atoms with Gasteiger partial charge < -0.3 is 10.1 Å². The molecule has 2 aromatic rings. The summed E-state index contributed by atoms with van der Waals surface area (Å²) in [5.41, 5.74) is 1.97. The summed E-state index contributed by atoms with van der Waals surface area (Å²) in [7, 11) is 1.58. The molecule has 1 aromatic carbocycles. The molecule has 0 atom stereocenters. The lowest BCUT2D eigenvalue weighted by Crippen LogP contribution is -2.12. The van der Waals surface area contributed by atoms with Gasteiger partial charge in [0.25, 0.3) is 5.91 Å². The van der Waals surface area contributed by atoms with Crippen LogP contribution >= 0.6 is 0 Å². The van der Waals surface area contributed by atoms with Gasteiger partial charge in [-0.1, -0.05) is 6.07 Å². The SMILES string of the molecule is COc1cccc(NC(=O)c2cn[nH]c2C)c1. The molecule has 5 heteroatoms. The highest BCUT2D eigenvalue weighted by atomic mass is 16.5. The number of ether oxygens (including phenoxy) is 1. The average molecular weight is 231 g/mol. The molecule has 1 amide bonds. The number of carbonyl (C=O) groups excluding carboxylic acids is 1. The quantitative estimate of drug-likeness (QED) is 0.848. The number of aromatic amines is 1. The number of carbonyl (C=O) groups is 1. The van der Waals surface area contributed by atoms with Crippen molar-refractivity contribution in [2.75, 3.05) is 12.4 Å². The summed E-state index contributed by atoms with van der Waals surface area (Å²) in [6, 6.07) is 7.19. The number of benzene rings is 1. The smallest absolute Gasteiger partial charge is 0.259 e. The lowest BCUT2D eigenvalue weighted by atomic mass is 10.2. The molecular weight excluding hydrogens is 218 g/mol. The maximum atomic E-state index is 11.9. The number of hydrogen-bond acceptors (Lipinski definition) is 3. The number of hydrogen-bond donors (Lipinski definition) is 2. The first-order valence-electron chi connectivity index (χ1n) is 5.16. The third-order valence-corrected chi connectivity index (χ3v) is 2.40. The highest BCUT2D eigenvalue weighted by Gasteiger charge is 2.10. The lowest BCUT2D eigenvalue weighted by molar-refractivity contribution is 0.102. The number of aryl methyl sites for hydroxylation is 1. The molecule has 17 heavy (non-hydrogen) atoms. The van der Waals surface area contributed by atoms with E-state index in [4.69, 9.17) is 4.74 Å². The minimum atomic E-state index is -0.190. The second-order valence-corrected chi connectivity index (χ2v) is 3.59. The Bertz CT molecular complexity index is 534. The Morgan fingerprint density at radius 1 is 1.47 bits per heavy atom. The summed E-state index contributed by atoms with van der Waals surface area (Å²) in [5, 5.41) is 9.31. The van der Waals surface area contributed by atoms with E-state index in [1.807, 2.05) is 12.1 Å². The number of rotatable bonds is 3. The molecule has 2 rings (SSSR count). The van der Waals surface area contributed by atoms with Crippen molar-refractivity contribution >= 4 is 11.6 Å². The van der Waals surface area contributed by atoms with Gasteiger partial charge >= 0.3 is 0 Å². The molecule has 0 saturated heterocycles. The topological polar surface area (TPSA) is 67.0 Å². The molecule has 0 aliphatic rings. The fourth-order valence-electron chi connectivity index (χ4n) is 1.48. The fourth-order valence-corrected chi connectivity index (χ4v) is 1.48. The van der Waals surface area contributed by atoms with Crippen LogP contribution in [0, 0.1) is 6.92 Å². The average Bonchev–Trinajstić information content (AvgIpc) is 2.76. The second kappa shape index (κ2) is 4.69. The molecule has 2 N–H and O–H groups in total. The number of amides is 1. The van der Waals surface area contributed by atoms with Crippen LogP contribution in [0.5, 0.6) is 5.75 Å². The van der Waals surface area contributed by atoms with Gasteiger partial charge in [0.2, 0.25) is 0 Å². The highest BCUT2D eigenvalue weighted by Crippen LogP contribution is 2.17. The Kier molecular flexibility index (Phi) is 3.09. The Labute approximate surface area is 98.8 Å². The van der Waals surface area contributed by atoms with Gasteiger partial charge in [-0.3, -0.25) is 9.89 Å². The van der Waals surface area contributed by atoms with Crippen LogP contribution in [0.3, 0.4) is 0 Å². The van der Waals surface area contributed by atoms with Crippen LogP contribution < -0.4 is 10.1 Å². The van der Waals surface area contributed by atoms with Crippen molar-refractivity contribution in [2.45, 2.75) is 6.92 Å². The van der Waals surface area contributed by atoms with Gasteiger partial charge in [-0.25, -0.2) is 0 Å². The van der Waals surface area contributed by atoms with Gasteiger partial charge in [0.15, 0.2) is 0 Å². The second-order valence-electron chi connectivity index (χ2n) is 3.59. The molecule has 0 unspecified atom stereocenters. The maximum absolute atomic E-state index is 11.9. The van der Waals surface area contributed by atoms with Crippen molar-refractivity contribution in [3.8, 4) is 5.75 Å². The zero-order chi connectivity index (χ0) is 12.3. The van der Waals surface area contributed by atoms with Crippen LogP contribution in [0.2, 0.25) is 0 Å². The Morgan fingerprint density at radius 3 is 2.94 bits per heavy atom. The number of nitrogens with zero attached hydrogens (tertiary/aromatic N) is 1. The van der Waals surface area contributed by atoms with Gasteiger partial charge in [0.1, 0.15) is 5.75 Å². The van der Waals surface area contributed by atoms with Crippen LogP contribution in [0.1, 0.15) is 16.1 Å². The minimum Gasteiger partial charge on any atom is -0.497 e. The van der Waals surface area contributed by atoms with Gasteiger partial charge in [0.05, 0.1) is 18.9 Å². The van der Waals surface area contributed by atoms with Crippen molar-refractivity contribution in [2.24, 2.45) is 0 Å². The van der Waals surface area contributed by atoms with Crippen LogP contribution in [0.15, 0.2) is 30.5 Å². The lowest BCUT2D eigenvalue weighted by Gasteiger charge is -2.06. The van der Waals surface area contributed by atoms with E-state index in [0.717, 1.165) is 5.69 Å². The standard InChI is InChI=1S/C12H13N3O2/c1-8-11(7-13-15-8)12(16)14-9-4-3-5-10(6-9)17-2/h3-7H,1-2H3,(H,13,15)(H,14,16). The zero-order valence-corrected chi connectivity index (χ0v) is 9.65. The molecule has 0 spiro atoms. The first-order valence-corrected chi connectivity index (χ1v) is 5.16. The van der Waals surface area contributed by atoms with E-state index in [1.165, 1.54) is 6.20 Å². The molecule has 1 aromatic heterocycles. The molecular formula is C12H13N3O2. The fraction of sp³-hybridized carbons (Fsp3) is 0.167. The molecule has 0 saturated carbocycles. The van der Waals surface area contributed by atoms with Crippen molar-refractivity contribution < 1.29 is 9.53 Å². The summed E-state index contributed by atoms with van der Waals surface area (Å²) >= 11 is 0. The first kappa shape index (κ1) is 11.2. The van der Waals surface area contributed by atoms with Crippen LogP contribution in [0.25, 0.3) is 0 Å². The molecule has 0 aliphatic heterocycles. The minimum absolute atomic E-state index is 0.190. The Hall–Kier alpha value is -2.30. The Balaban J connectivity index is 2.16. The summed E-state index contributed by atoms with van der Waals surface area (Å²) in [5.74, 6) is 0.510. The molecule has 0 fully saturated rings. The van der Waals surface area contributed by atoms with Crippen molar-refractivity contribution in [3.63, 3.8) is 0 Å². The maximum Gasteiger partial charge on any atom is 0.259 e. The number of anilines is 1. The van der Waals surface area contributed by atoms with E-state index < -0.39 is 0 Å². The van der Waals surface area contributed by atoms with Gasteiger partial charge in [-0.05, 0) is 19.1 Å². The van der Waals surface area contributed by atoms with E-state index in [9.17, 15) is 4.79 Å². The highest BCUT2D eigenvalue weighted by molar-refractivity contribution is 6.04. The zero-order valence-electron chi connectivity index (χ0n) is 9.65. The summed E-state index contributed by atoms with van der Waals surface area (Å²) in [4.78, 5) is 11.9. The molecule has 1 heterocycles.